The zero-order chi connectivity index (χ0) is 21.1. The molecule has 0 aliphatic rings. The molecule has 0 atom stereocenters. The lowest BCUT2D eigenvalue weighted by Crippen LogP contribution is -2.28. The minimum absolute atomic E-state index is 0.0368. The lowest BCUT2D eigenvalue weighted by Gasteiger charge is -2.08. The highest BCUT2D eigenvalue weighted by Crippen LogP contribution is 2.21. The zero-order valence-corrected chi connectivity index (χ0v) is 16.5. The number of rotatable bonds is 6. The average molecular weight is 404 g/mol. The number of benzene rings is 1. The van der Waals surface area contributed by atoms with E-state index in [1.54, 1.807) is 19.2 Å². The van der Waals surface area contributed by atoms with Crippen molar-refractivity contribution in [3.63, 3.8) is 0 Å². The van der Waals surface area contributed by atoms with Gasteiger partial charge >= 0.3 is 0 Å². The maximum absolute atomic E-state index is 12.8. The van der Waals surface area contributed by atoms with Gasteiger partial charge in [-0.3, -0.25) is 14.3 Å². The van der Waals surface area contributed by atoms with Gasteiger partial charge in [0.15, 0.2) is 0 Å². The minimum Gasteiger partial charge on any atom is -0.364 e. The third kappa shape index (κ3) is 3.78. The summed E-state index contributed by atoms with van der Waals surface area (Å²) in [5.41, 5.74) is 3.41. The highest BCUT2D eigenvalue weighted by molar-refractivity contribution is 6.11. The zero-order valence-electron chi connectivity index (χ0n) is 16.5. The summed E-state index contributed by atoms with van der Waals surface area (Å²) >= 11 is 0. The number of aromatic nitrogens is 4. The van der Waals surface area contributed by atoms with Crippen molar-refractivity contribution in [3.8, 4) is 11.3 Å². The van der Waals surface area contributed by atoms with Crippen LogP contribution in [0, 0.1) is 0 Å². The van der Waals surface area contributed by atoms with E-state index in [1.165, 1.54) is 18.0 Å². The van der Waals surface area contributed by atoms with Crippen LogP contribution in [-0.2, 0) is 11.8 Å². The van der Waals surface area contributed by atoms with Gasteiger partial charge in [-0.25, -0.2) is 4.98 Å². The molecule has 1 aromatic carbocycles. The number of fused-ring (bicyclic) bond motifs is 1. The maximum Gasteiger partial charge on any atom is 0.274 e. The van der Waals surface area contributed by atoms with Crippen LogP contribution in [0.25, 0.3) is 16.9 Å². The first kappa shape index (κ1) is 19.3. The fraction of sp³-hybridized carbons (Fsp3) is 0.143. The molecule has 0 bridgehead atoms. The van der Waals surface area contributed by atoms with Crippen LogP contribution in [0.2, 0.25) is 0 Å². The van der Waals surface area contributed by atoms with E-state index in [4.69, 9.17) is 4.74 Å². The Hall–Kier alpha value is -3.98. The van der Waals surface area contributed by atoms with Gasteiger partial charge in [0, 0.05) is 43.9 Å². The van der Waals surface area contributed by atoms with E-state index in [9.17, 15) is 9.59 Å². The van der Waals surface area contributed by atoms with Crippen molar-refractivity contribution in [2.75, 3.05) is 19.2 Å². The van der Waals surface area contributed by atoms with Gasteiger partial charge in [-0.2, -0.15) is 5.10 Å². The number of ether oxygens (including phenoxy) is 1. The summed E-state index contributed by atoms with van der Waals surface area (Å²) in [6.07, 6.45) is 5.10. The van der Waals surface area contributed by atoms with Gasteiger partial charge in [-0.1, -0.05) is 30.3 Å². The number of nitrogens with zero attached hydrogens (tertiary/aromatic N) is 4. The Morgan fingerprint density at radius 3 is 2.70 bits per heavy atom. The Morgan fingerprint density at radius 1 is 1.13 bits per heavy atom. The van der Waals surface area contributed by atoms with Crippen LogP contribution in [-0.4, -0.2) is 44.8 Å². The Kier molecular flexibility index (Phi) is 5.27. The standard InChI is InChI=1S/C21H20N6O3/c1-26-19(16(11-23-26)20(28)22-13-30-2)21(29)24-15-8-9-27-12-17(25-18(27)10-15)14-6-4-3-5-7-14/h3-12H,13H2,1-2H3,(H,22,28)(H,24,29). The number of methoxy groups -OCH3 is 1. The van der Waals surface area contributed by atoms with E-state index < -0.39 is 11.8 Å². The summed E-state index contributed by atoms with van der Waals surface area (Å²) in [6.45, 7) is 0.0368. The minimum atomic E-state index is -0.447. The Morgan fingerprint density at radius 2 is 1.93 bits per heavy atom. The van der Waals surface area contributed by atoms with Gasteiger partial charge in [-0.05, 0) is 6.07 Å². The summed E-state index contributed by atoms with van der Waals surface area (Å²) in [4.78, 5) is 29.7. The summed E-state index contributed by atoms with van der Waals surface area (Å²) in [5.74, 6) is -0.886. The molecule has 0 saturated heterocycles. The second kappa shape index (κ2) is 8.18. The monoisotopic (exact) mass is 404 g/mol. The van der Waals surface area contributed by atoms with E-state index in [2.05, 4.69) is 20.7 Å². The molecule has 0 aliphatic heterocycles. The van der Waals surface area contributed by atoms with Crippen molar-refractivity contribution in [2.24, 2.45) is 7.05 Å². The number of pyridine rings is 1. The highest BCUT2D eigenvalue weighted by Gasteiger charge is 2.22. The Bertz CT molecular complexity index is 1210. The number of amides is 2. The number of hydrogen-bond donors (Lipinski definition) is 2. The number of nitrogens with one attached hydrogen (secondary N) is 2. The normalized spacial score (nSPS) is 10.9. The number of hydrogen-bond acceptors (Lipinski definition) is 5. The maximum atomic E-state index is 12.8. The summed E-state index contributed by atoms with van der Waals surface area (Å²) in [6, 6.07) is 13.4. The molecule has 2 N–H and O–H groups in total. The van der Waals surface area contributed by atoms with Crippen LogP contribution >= 0.6 is 0 Å². The summed E-state index contributed by atoms with van der Waals surface area (Å²) < 4.78 is 8.08. The van der Waals surface area contributed by atoms with Crippen molar-refractivity contribution in [1.29, 1.82) is 0 Å². The van der Waals surface area contributed by atoms with E-state index in [0.717, 1.165) is 11.3 Å². The number of aryl methyl sites for hydroxylation is 1. The molecule has 0 unspecified atom stereocenters. The van der Waals surface area contributed by atoms with Crippen LogP contribution in [0.4, 0.5) is 5.69 Å². The fourth-order valence-electron chi connectivity index (χ4n) is 3.10. The lowest BCUT2D eigenvalue weighted by molar-refractivity contribution is 0.0864. The predicted octanol–water partition coefficient (Wildman–Crippen LogP) is 2.32. The third-order valence-electron chi connectivity index (χ3n) is 4.56. The molecule has 30 heavy (non-hydrogen) atoms. The Balaban J connectivity index is 1.58. The quantitative estimate of drug-likeness (QED) is 0.480. The molecule has 3 aromatic heterocycles. The molecule has 2 amide bonds. The molecule has 4 aromatic rings. The fourth-order valence-corrected chi connectivity index (χ4v) is 3.10. The van der Waals surface area contributed by atoms with Crippen LogP contribution in [0.1, 0.15) is 20.8 Å². The van der Waals surface area contributed by atoms with Crippen molar-refractivity contribution < 1.29 is 14.3 Å². The molecule has 0 radical (unpaired) electrons. The predicted molar refractivity (Wildman–Crippen MR) is 111 cm³/mol. The number of carbonyl (C=O) groups is 2. The van der Waals surface area contributed by atoms with Crippen molar-refractivity contribution in [1.82, 2.24) is 24.5 Å². The van der Waals surface area contributed by atoms with Crippen LogP contribution < -0.4 is 10.6 Å². The van der Waals surface area contributed by atoms with Crippen LogP contribution in [0.15, 0.2) is 61.1 Å². The molecule has 4 rings (SSSR count). The molecule has 3 heterocycles. The smallest absolute Gasteiger partial charge is 0.274 e. The second-order valence-corrected chi connectivity index (χ2v) is 6.60. The van der Waals surface area contributed by atoms with Gasteiger partial charge in [0.2, 0.25) is 0 Å². The van der Waals surface area contributed by atoms with Gasteiger partial charge in [0.1, 0.15) is 18.1 Å². The molecule has 9 heteroatoms. The van der Waals surface area contributed by atoms with Gasteiger partial charge in [0.05, 0.1) is 17.5 Å². The van der Waals surface area contributed by atoms with E-state index in [-0.39, 0.29) is 18.0 Å². The van der Waals surface area contributed by atoms with Crippen molar-refractivity contribution in [2.45, 2.75) is 0 Å². The van der Waals surface area contributed by atoms with E-state index in [1.807, 2.05) is 47.1 Å². The van der Waals surface area contributed by atoms with Gasteiger partial charge in [0.25, 0.3) is 11.8 Å². The number of anilines is 1. The molecule has 0 spiro atoms. The average Bonchev–Trinajstić information content (AvgIpc) is 3.36. The first-order chi connectivity index (χ1) is 14.6. The SMILES string of the molecule is COCNC(=O)c1cnn(C)c1C(=O)Nc1ccn2cc(-c3ccccc3)nc2c1. The molecule has 152 valence electrons. The summed E-state index contributed by atoms with van der Waals surface area (Å²) in [5, 5.41) is 9.40. The van der Waals surface area contributed by atoms with Crippen LogP contribution in [0.3, 0.4) is 0 Å². The number of imidazole rings is 1. The largest absolute Gasteiger partial charge is 0.364 e. The second-order valence-electron chi connectivity index (χ2n) is 6.60. The topological polar surface area (TPSA) is 103 Å². The molecule has 0 saturated carbocycles. The third-order valence-corrected chi connectivity index (χ3v) is 4.56. The van der Waals surface area contributed by atoms with Crippen molar-refractivity contribution in [3.05, 3.63) is 72.3 Å². The number of carbonyl (C=O) groups excluding carboxylic acids is 2. The molecular weight excluding hydrogens is 384 g/mol. The van der Waals surface area contributed by atoms with Gasteiger partial charge in [-0.15, -0.1) is 0 Å². The van der Waals surface area contributed by atoms with Gasteiger partial charge < -0.3 is 19.8 Å². The lowest BCUT2D eigenvalue weighted by atomic mass is 10.2. The molecule has 9 nitrogen and oxygen atoms in total. The van der Waals surface area contributed by atoms with Crippen LogP contribution in [0.5, 0.6) is 0 Å². The Labute approximate surface area is 172 Å². The molecular formula is C21H20N6O3. The molecule has 0 fully saturated rings. The van der Waals surface area contributed by atoms with E-state index in [0.29, 0.717) is 11.3 Å². The highest BCUT2D eigenvalue weighted by atomic mass is 16.5. The molecule has 0 aliphatic carbocycles. The first-order valence-corrected chi connectivity index (χ1v) is 9.21. The summed E-state index contributed by atoms with van der Waals surface area (Å²) in [7, 11) is 3.07. The first-order valence-electron chi connectivity index (χ1n) is 9.21. The van der Waals surface area contributed by atoms with E-state index >= 15 is 0 Å². The van der Waals surface area contributed by atoms with Crippen molar-refractivity contribution >= 4 is 23.1 Å².